The van der Waals surface area contributed by atoms with E-state index in [4.69, 9.17) is 0 Å². The van der Waals surface area contributed by atoms with Crippen LogP contribution in [-0.4, -0.2) is 9.85 Å². The van der Waals surface area contributed by atoms with Crippen molar-refractivity contribution < 1.29 is 36.2 Å². The average molecular weight is 553 g/mol. The molecule has 0 unspecified atom stereocenters. The Morgan fingerprint density at radius 1 is 0.897 bits per heavy atom. The molecule has 0 aliphatic carbocycles. The van der Waals surface area contributed by atoms with Gasteiger partial charge in [0.05, 0.1) is 37.2 Å². The molecule has 0 saturated carbocycles. The van der Waals surface area contributed by atoms with E-state index in [-0.39, 0.29) is 12.1 Å². The van der Waals surface area contributed by atoms with Gasteiger partial charge in [-0.25, -0.2) is 0 Å². The zero-order valence-electron chi connectivity index (χ0n) is 13.4. The normalized spacial score (nSPS) is 12.0. The van der Waals surface area contributed by atoms with Crippen LogP contribution in [0.5, 0.6) is 0 Å². The molecule has 0 fully saturated rings. The van der Waals surface area contributed by atoms with Crippen LogP contribution < -0.4 is 5.32 Å². The van der Waals surface area contributed by atoms with Crippen LogP contribution in [0.2, 0.25) is 0 Å². The number of halogens is 8. The zero-order chi connectivity index (χ0) is 22.3. The Kier molecular flexibility index (Phi) is 6.13. The first kappa shape index (κ1) is 22.9. The van der Waals surface area contributed by atoms with Gasteiger partial charge in [-0.05, 0) is 28.1 Å². The molecular weight excluding hydrogens is 548 g/mol. The molecule has 15 heteroatoms. The number of hydrogen-bond donors (Lipinski definition) is 1. The summed E-state index contributed by atoms with van der Waals surface area (Å²) < 4.78 is 78.6. The third-order valence-corrected chi connectivity index (χ3v) is 4.93. The summed E-state index contributed by atoms with van der Waals surface area (Å²) in [5.74, 6) is 0. The van der Waals surface area contributed by atoms with Crippen molar-refractivity contribution in [1.29, 1.82) is 0 Å². The summed E-state index contributed by atoms with van der Waals surface area (Å²) in [6.07, 6.45) is -10.2. The van der Waals surface area contributed by atoms with Gasteiger partial charge in [0, 0.05) is 10.5 Å². The molecule has 0 aliphatic heterocycles. The first-order valence-electron chi connectivity index (χ1n) is 7.00. The number of nitro benzene ring substituents is 2. The van der Waals surface area contributed by atoms with Crippen LogP contribution in [0, 0.1) is 20.2 Å². The van der Waals surface area contributed by atoms with Gasteiger partial charge in [-0.3, -0.25) is 20.2 Å². The molecule has 0 radical (unpaired) electrons. The Morgan fingerprint density at radius 2 is 1.48 bits per heavy atom. The van der Waals surface area contributed by atoms with E-state index in [0.29, 0.717) is 0 Å². The molecule has 0 atom stereocenters. The van der Waals surface area contributed by atoms with Gasteiger partial charge in [-0.1, -0.05) is 15.9 Å². The lowest BCUT2D eigenvalue weighted by Gasteiger charge is -2.18. The zero-order valence-corrected chi connectivity index (χ0v) is 16.5. The fourth-order valence-corrected chi connectivity index (χ4v) is 3.75. The Labute approximate surface area is 173 Å². The number of hydrogen-bond acceptors (Lipinski definition) is 5. The monoisotopic (exact) mass is 551 g/mol. The van der Waals surface area contributed by atoms with E-state index in [1.54, 1.807) is 0 Å². The minimum absolute atomic E-state index is 0.0484. The second-order valence-electron chi connectivity index (χ2n) is 5.31. The smallest absolute Gasteiger partial charge is 0.348 e. The minimum atomic E-state index is -5.28. The summed E-state index contributed by atoms with van der Waals surface area (Å²) >= 11 is 5.30. The maximum atomic E-state index is 13.4. The molecule has 7 nitrogen and oxygen atoms in total. The van der Waals surface area contributed by atoms with Crippen molar-refractivity contribution >= 4 is 54.6 Å². The molecule has 1 N–H and O–H groups in total. The van der Waals surface area contributed by atoms with Crippen molar-refractivity contribution in [3.05, 3.63) is 64.6 Å². The maximum absolute atomic E-state index is 13.4. The number of nitrogens with zero attached hydrogens (tertiary/aromatic N) is 2. The molecule has 2 rings (SSSR count). The Bertz CT molecular complexity index is 1010. The van der Waals surface area contributed by atoms with Gasteiger partial charge in [0.25, 0.3) is 11.4 Å². The second kappa shape index (κ2) is 7.78. The average Bonchev–Trinajstić information content (AvgIpc) is 2.54. The van der Waals surface area contributed by atoms with Gasteiger partial charge in [0.2, 0.25) is 0 Å². The SMILES string of the molecule is O=[N+]([O-])c1cc([N+](=O)[O-])c(Nc2ccc(Br)c(C(F)(F)F)c2Br)c(C(F)(F)F)c1. The highest BCUT2D eigenvalue weighted by atomic mass is 79.9. The predicted molar refractivity (Wildman–Crippen MR) is 94.9 cm³/mol. The topological polar surface area (TPSA) is 98.3 Å². The van der Waals surface area contributed by atoms with Crippen molar-refractivity contribution in [2.45, 2.75) is 12.4 Å². The summed E-state index contributed by atoms with van der Waals surface area (Å²) in [7, 11) is 0. The molecule has 0 amide bonds. The fourth-order valence-electron chi connectivity index (χ4n) is 2.26. The highest BCUT2D eigenvalue weighted by molar-refractivity contribution is 9.11. The third-order valence-electron chi connectivity index (χ3n) is 3.45. The maximum Gasteiger partial charge on any atom is 0.418 e. The van der Waals surface area contributed by atoms with Crippen LogP contribution in [-0.2, 0) is 12.4 Å². The van der Waals surface area contributed by atoms with Crippen LogP contribution in [0.25, 0.3) is 0 Å². The molecular formula is C14H5Br2F6N3O4. The molecule has 0 bridgehead atoms. The van der Waals surface area contributed by atoms with E-state index < -0.39 is 65.0 Å². The largest absolute Gasteiger partial charge is 0.418 e. The lowest BCUT2D eigenvalue weighted by atomic mass is 10.1. The molecule has 156 valence electrons. The molecule has 0 spiro atoms. The summed E-state index contributed by atoms with van der Waals surface area (Å²) in [5.41, 5.74) is -7.44. The molecule has 29 heavy (non-hydrogen) atoms. The van der Waals surface area contributed by atoms with Gasteiger partial charge in [-0.15, -0.1) is 0 Å². The molecule has 0 aromatic heterocycles. The Balaban J connectivity index is 2.79. The van der Waals surface area contributed by atoms with Crippen molar-refractivity contribution in [2.24, 2.45) is 0 Å². The number of anilines is 2. The van der Waals surface area contributed by atoms with Crippen molar-refractivity contribution in [2.75, 3.05) is 5.32 Å². The van der Waals surface area contributed by atoms with Crippen molar-refractivity contribution in [3.8, 4) is 0 Å². The Morgan fingerprint density at radius 3 is 1.93 bits per heavy atom. The summed E-state index contributed by atoms with van der Waals surface area (Å²) in [6, 6.07) is 2.14. The number of benzene rings is 2. The highest BCUT2D eigenvalue weighted by Crippen LogP contribution is 2.47. The number of rotatable bonds is 4. The fraction of sp³-hybridized carbons (Fsp3) is 0.143. The molecule has 0 saturated heterocycles. The van der Waals surface area contributed by atoms with Crippen molar-refractivity contribution in [1.82, 2.24) is 0 Å². The van der Waals surface area contributed by atoms with Crippen LogP contribution in [0.3, 0.4) is 0 Å². The van der Waals surface area contributed by atoms with E-state index in [9.17, 15) is 46.6 Å². The van der Waals surface area contributed by atoms with Crippen LogP contribution >= 0.6 is 31.9 Å². The van der Waals surface area contributed by atoms with Crippen LogP contribution in [0.4, 0.5) is 49.1 Å². The first-order valence-corrected chi connectivity index (χ1v) is 8.59. The van der Waals surface area contributed by atoms with E-state index in [0.717, 1.165) is 12.1 Å². The van der Waals surface area contributed by atoms with Crippen LogP contribution in [0.1, 0.15) is 11.1 Å². The number of non-ortho nitro benzene ring substituents is 1. The quantitative estimate of drug-likeness (QED) is 0.255. The first-order chi connectivity index (χ1) is 13.1. The summed E-state index contributed by atoms with van der Waals surface area (Å²) in [5, 5.41) is 24.0. The standard InChI is InChI=1S/C14H5Br2F6N3O4/c15-7-1-2-8(11(16)10(7)14(20,21)22)23-12-6(13(17,18)19)3-5(24(26)27)4-9(12)25(28)29/h1-4,23H. The van der Waals surface area contributed by atoms with Gasteiger partial charge in [-0.2, -0.15) is 26.3 Å². The summed E-state index contributed by atoms with van der Waals surface area (Å²) in [6.45, 7) is 0. The van der Waals surface area contributed by atoms with Gasteiger partial charge in [0.15, 0.2) is 0 Å². The molecule has 0 aliphatic rings. The van der Waals surface area contributed by atoms with Crippen LogP contribution in [0.15, 0.2) is 33.2 Å². The van der Waals surface area contributed by atoms with E-state index >= 15 is 0 Å². The lowest BCUT2D eigenvalue weighted by Crippen LogP contribution is -2.13. The summed E-state index contributed by atoms with van der Waals surface area (Å²) in [4.78, 5) is 19.5. The van der Waals surface area contributed by atoms with E-state index in [1.165, 1.54) is 0 Å². The third kappa shape index (κ3) is 4.77. The minimum Gasteiger partial charge on any atom is -0.348 e. The molecule has 2 aromatic carbocycles. The van der Waals surface area contributed by atoms with Gasteiger partial charge >= 0.3 is 12.4 Å². The molecule has 2 aromatic rings. The predicted octanol–water partition coefficient (Wildman–Crippen LogP) is 6.81. The lowest BCUT2D eigenvalue weighted by molar-refractivity contribution is -0.394. The van der Waals surface area contributed by atoms with Crippen molar-refractivity contribution in [3.63, 3.8) is 0 Å². The molecule has 0 heterocycles. The van der Waals surface area contributed by atoms with Gasteiger partial charge in [0.1, 0.15) is 5.69 Å². The number of alkyl halides is 6. The van der Waals surface area contributed by atoms with Gasteiger partial charge < -0.3 is 5.32 Å². The van der Waals surface area contributed by atoms with E-state index in [2.05, 4.69) is 31.9 Å². The number of nitro groups is 2. The highest BCUT2D eigenvalue weighted by Gasteiger charge is 2.41. The van der Waals surface area contributed by atoms with E-state index in [1.807, 2.05) is 5.32 Å². The number of nitrogens with one attached hydrogen (secondary N) is 1. The second-order valence-corrected chi connectivity index (χ2v) is 6.95. The Hall–Kier alpha value is -2.42.